The van der Waals surface area contributed by atoms with Gasteiger partial charge < -0.3 is 9.47 Å². The third kappa shape index (κ3) is 6.21. The van der Waals surface area contributed by atoms with Crippen LogP contribution in [-0.2, 0) is 0 Å². The maximum absolute atomic E-state index is 11.9. The van der Waals surface area contributed by atoms with E-state index in [0.29, 0.717) is 0 Å². The largest absolute Gasteiger partial charge is 0.484 e. The summed E-state index contributed by atoms with van der Waals surface area (Å²) in [7, 11) is 0. The predicted molar refractivity (Wildman–Crippen MR) is 54.0 cm³/mol. The second kappa shape index (κ2) is 5.58. The first kappa shape index (κ1) is 15.5. The van der Waals surface area contributed by atoms with Crippen LogP contribution in [0.25, 0.3) is 0 Å². The van der Waals surface area contributed by atoms with E-state index in [-0.39, 0.29) is 17.1 Å². The lowest BCUT2D eigenvalue weighted by Crippen LogP contribution is -2.20. The highest BCUT2D eigenvalue weighted by Gasteiger charge is 2.29. The van der Waals surface area contributed by atoms with Crippen molar-refractivity contribution in [3.8, 4) is 11.5 Å². The van der Waals surface area contributed by atoms with Gasteiger partial charge >= 0.3 is 12.4 Å². The van der Waals surface area contributed by atoms with E-state index >= 15 is 0 Å². The number of hydrogen-bond acceptors (Lipinski definition) is 2. The van der Waals surface area contributed by atoms with Gasteiger partial charge in [0.2, 0.25) is 0 Å². The van der Waals surface area contributed by atoms with E-state index in [0.717, 1.165) is 18.2 Å². The summed E-state index contributed by atoms with van der Waals surface area (Å²) in [5.74, 6) is -0.321. The van der Waals surface area contributed by atoms with Crippen molar-refractivity contribution in [2.24, 2.45) is 0 Å². The molecule has 0 aliphatic carbocycles. The number of ether oxygens (including phenoxy) is 2. The van der Waals surface area contributed by atoms with Crippen molar-refractivity contribution < 1.29 is 35.8 Å². The fourth-order valence-electron chi connectivity index (χ4n) is 1.11. The third-order valence-corrected chi connectivity index (χ3v) is 1.83. The van der Waals surface area contributed by atoms with E-state index in [2.05, 4.69) is 16.4 Å². The highest BCUT2D eigenvalue weighted by molar-refractivity contribution is 5.42. The Hall–Kier alpha value is -1.60. The van der Waals surface area contributed by atoms with Crippen molar-refractivity contribution in [1.82, 2.24) is 0 Å². The zero-order valence-electron chi connectivity index (χ0n) is 9.44. The molecule has 0 saturated carbocycles. The number of hydrogen-bond donors (Lipinski definition) is 0. The van der Waals surface area contributed by atoms with Gasteiger partial charge in [-0.3, -0.25) is 0 Å². The van der Waals surface area contributed by atoms with Crippen LogP contribution in [0.2, 0.25) is 0 Å². The van der Waals surface area contributed by atoms with Crippen molar-refractivity contribution in [3.05, 3.63) is 30.7 Å². The van der Waals surface area contributed by atoms with Crippen LogP contribution in [0, 0.1) is 6.92 Å². The maximum atomic E-state index is 11.9. The Kier molecular flexibility index (Phi) is 4.54. The van der Waals surface area contributed by atoms with Crippen molar-refractivity contribution in [3.63, 3.8) is 0 Å². The fraction of sp³-hybridized carbons (Fsp3) is 0.364. The number of rotatable bonds is 4. The molecule has 1 radical (unpaired) electrons. The Morgan fingerprint density at radius 3 is 1.89 bits per heavy atom. The third-order valence-electron chi connectivity index (χ3n) is 1.83. The Morgan fingerprint density at radius 2 is 1.42 bits per heavy atom. The maximum Gasteiger partial charge on any atom is 0.422 e. The normalized spacial score (nSPS) is 12.4. The number of alkyl halides is 6. The first-order valence-electron chi connectivity index (χ1n) is 4.92. The molecule has 0 aliphatic heterocycles. The molecule has 0 fully saturated rings. The monoisotopic (exact) mass is 287 g/mol. The van der Waals surface area contributed by atoms with Crippen LogP contribution in [0.3, 0.4) is 0 Å². The van der Waals surface area contributed by atoms with Gasteiger partial charge in [0.05, 0.1) is 0 Å². The van der Waals surface area contributed by atoms with E-state index in [1.54, 1.807) is 0 Å². The second-order valence-electron chi connectivity index (χ2n) is 3.58. The molecule has 1 aromatic carbocycles. The van der Waals surface area contributed by atoms with E-state index in [1.807, 2.05) is 0 Å². The van der Waals surface area contributed by atoms with Gasteiger partial charge in [0.25, 0.3) is 0 Å². The summed E-state index contributed by atoms with van der Waals surface area (Å²) in [5, 5.41) is 0. The predicted octanol–water partition coefficient (Wildman–Crippen LogP) is 3.75. The topological polar surface area (TPSA) is 18.5 Å². The molecular weight excluding hydrogens is 278 g/mol. The van der Waals surface area contributed by atoms with E-state index in [9.17, 15) is 26.3 Å². The van der Waals surface area contributed by atoms with E-state index in [1.165, 1.54) is 0 Å². The quantitative estimate of drug-likeness (QED) is 0.785. The molecular formula is C11H9F6O2. The van der Waals surface area contributed by atoms with Crippen molar-refractivity contribution >= 4 is 0 Å². The van der Waals surface area contributed by atoms with Gasteiger partial charge in [0, 0.05) is 0 Å². The average molecular weight is 287 g/mol. The first-order chi connectivity index (χ1) is 8.57. The zero-order valence-corrected chi connectivity index (χ0v) is 9.44. The summed E-state index contributed by atoms with van der Waals surface area (Å²) in [6, 6.07) is 3.21. The smallest absolute Gasteiger partial charge is 0.422 e. The van der Waals surface area contributed by atoms with Crippen LogP contribution in [0.4, 0.5) is 26.3 Å². The van der Waals surface area contributed by atoms with Gasteiger partial charge in [-0.25, -0.2) is 0 Å². The van der Waals surface area contributed by atoms with Crippen LogP contribution in [0.15, 0.2) is 18.2 Å². The zero-order chi connectivity index (χ0) is 14.7. The highest BCUT2D eigenvalue weighted by Crippen LogP contribution is 2.26. The molecule has 0 saturated heterocycles. The molecule has 8 heteroatoms. The summed E-state index contributed by atoms with van der Waals surface area (Å²) >= 11 is 0. The minimum atomic E-state index is -4.50. The molecule has 0 spiro atoms. The molecule has 1 aromatic rings. The van der Waals surface area contributed by atoms with Gasteiger partial charge in [-0.05, 0) is 30.7 Å². The summed E-state index contributed by atoms with van der Waals surface area (Å²) < 4.78 is 80.2. The lowest BCUT2D eigenvalue weighted by molar-refractivity contribution is -0.154. The fourth-order valence-corrected chi connectivity index (χ4v) is 1.11. The molecule has 0 amide bonds. The molecule has 1 rings (SSSR count). The van der Waals surface area contributed by atoms with Crippen LogP contribution in [0.1, 0.15) is 5.56 Å². The second-order valence-corrected chi connectivity index (χ2v) is 3.58. The first-order valence-corrected chi connectivity index (χ1v) is 4.92. The molecule has 0 aromatic heterocycles. The summed E-state index contributed by atoms with van der Waals surface area (Å²) in [6.07, 6.45) is -9.00. The Morgan fingerprint density at radius 1 is 0.895 bits per heavy atom. The van der Waals surface area contributed by atoms with E-state index < -0.39 is 25.6 Å². The average Bonchev–Trinajstić information content (AvgIpc) is 2.22. The minimum Gasteiger partial charge on any atom is -0.484 e. The van der Waals surface area contributed by atoms with Crippen LogP contribution in [-0.4, -0.2) is 25.6 Å². The molecule has 0 aliphatic rings. The summed E-state index contributed by atoms with van der Waals surface area (Å²) in [5.41, 5.74) is 0.00363. The Labute approximate surface area is 104 Å². The van der Waals surface area contributed by atoms with Gasteiger partial charge in [-0.1, -0.05) is 0 Å². The minimum absolute atomic E-state index is 0.00363. The summed E-state index contributed by atoms with van der Waals surface area (Å²) in [6.45, 7) is 0.380. The van der Waals surface area contributed by atoms with Crippen LogP contribution < -0.4 is 9.47 Å². The molecule has 107 valence electrons. The Bertz CT molecular complexity index is 424. The number of benzene rings is 1. The molecule has 0 atom stereocenters. The molecule has 0 heterocycles. The van der Waals surface area contributed by atoms with Crippen LogP contribution >= 0.6 is 0 Å². The van der Waals surface area contributed by atoms with Gasteiger partial charge in [-0.15, -0.1) is 0 Å². The highest BCUT2D eigenvalue weighted by atomic mass is 19.4. The van der Waals surface area contributed by atoms with Gasteiger partial charge in [0.15, 0.2) is 13.2 Å². The molecule has 0 N–H and O–H groups in total. The lowest BCUT2D eigenvalue weighted by atomic mass is 10.2. The lowest BCUT2D eigenvalue weighted by Gasteiger charge is -2.13. The van der Waals surface area contributed by atoms with Gasteiger partial charge in [-0.2, -0.15) is 26.3 Å². The summed E-state index contributed by atoms with van der Waals surface area (Å²) in [4.78, 5) is 0. The number of halogens is 6. The molecule has 19 heavy (non-hydrogen) atoms. The molecule has 0 bridgehead atoms. The SMILES string of the molecule is [CH2]c1cc(OCC(F)(F)F)ccc1OCC(F)(F)F. The van der Waals surface area contributed by atoms with Gasteiger partial charge in [0.1, 0.15) is 11.5 Å². The van der Waals surface area contributed by atoms with Crippen molar-refractivity contribution in [1.29, 1.82) is 0 Å². The molecule has 0 unspecified atom stereocenters. The molecule has 2 nitrogen and oxygen atoms in total. The van der Waals surface area contributed by atoms with Crippen molar-refractivity contribution in [2.45, 2.75) is 12.4 Å². The van der Waals surface area contributed by atoms with Crippen molar-refractivity contribution in [2.75, 3.05) is 13.2 Å². The van der Waals surface area contributed by atoms with E-state index in [4.69, 9.17) is 0 Å². The Balaban J connectivity index is 2.64. The van der Waals surface area contributed by atoms with Crippen LogP contribution in [0.5, 0.6) is 11.5 Å². The standard InChI is InChI=1S/C11H9F6O2/c1-7-4-8(18-5-10(12,13)14)2-3-9(7)19-6-11(15,16)17/h2-4H,1,5-6H2.